The van der Waals surface area contributed by atoms with Crippen molar-refractivity contribution >= 4 is 46.5 Å². The zero-order valence-electron chi connectivity index (χ0n) is 18.8. The third-order valence-electron chi connectivity index (χ3n) is 5.60. The molecule has 1 aromatic carbocycles. The van der Waals surface area contributed by atoms with Gasteiger partial charge < -0.3 is 26.4 Å². The van der Waals surface area contributed by atoms with Crippen molar-refractivity contribution in [2.45, 2.75) is 39.2 Å². The minimum absolute atomic E-state index is 0.00574. The van der Waals surface area contributed by atoms with E-state index in [1.165, 1.54) is 0 Å². The van der Waals surface area contributed by atoms with Gasteiger partial charge in [-0.1, -0.05) is 18.5 Å². The zero-order valence-corrected chi connectivity index (χ0v) is 19.5. The zero-order chi connectivity index (χ0) is 24.4. The third-order valence-corrected chi connectivity index (χ3v) is 5.85. The van der Waals surface area contributed by atoms with Crippen LogP contribution in [0.5, 0.6) is 0 Å². The van der Waals surface area contributed by atoms with Gasteiger partial charge in [0.05, 0.1) is 10.5 Å². The van der Waals surface area contributed by atoms with Gasteiger partial charge in [-0.2, -0.15) is 9.97 Å². The van der Waals surface area contributed by atoms with Crippen LogP contribution in [0.2, 0.25) is 5.02 Å². The molecule has 2 aromatic rings. The molecule has 1 amide bonds. The molecule has 3 rings (SSSR count). The van der Waals surface area contributed by atoms with Crippen LogP contribution in [0.3, 0.4) is 0 Å². The van der Waals surface area contributed by atoms with Gasteiger partial charge in [0.2, 0.25) is 23.5 Å². The highest BCUT2D eigenvalue weighted by atomic mass is 35.5. The first-order valence-electron chi connectivity index (χ1n) is 10.5. The molecule has 33 heavy (non-hydrogen) atoms. The number of rotatable bonds is 8. The van der Waals surface area contributed by atoms with Gasteiger partial charge in [-0.3, -0.25) is 14.9 Å². The first-order valence-corrected chi connectivity index (χ1v) is 10.9. The van der Waals surface area contributed by atoms with E-state index in [0.717, 1.165) is 0 Å². The molecular formula is C21H28ClN7O4. The molecule has 11 nitrogen and oxygen atoms in total. The lowest BCUT2D eigenvalue weighted by Gasteiger charge is -2.37. The van der Waals surface area contributed by atoms with Crippen LogP contribution in [0.1, 0.15) is 33.6 Å². The number of carbonyl (C=O) groups excluding carboxylic acids is 1. The maximum Gasteiger partial charge on any atom is 0.353 e. The number of nitrogens with zero attached hydrogens (tertiary/aromatic N) is 4. The number of hydrogen-bond acceptors (Lipinski definition) is 9. The fraction of sp³-hybridized carbons (Fsp3) is 0.476. The summed E-state index contributed by atoms with van der Waals surface area (Å²) in [6.07, 6.45) is 0.881. The molecule has 1 aliphatic heterocycles. The van der Waals surface area contributed by atoms with Crippen LogP contribution < -0.4 is 21.3 Å². The molecule has 5 N–H and O–H groups in total. The first-order chi connectivity index (χ1) is 15.4. The van der Waals surface area contributed by atoms with Crippen LogP contribution in [-0.4, -0.2) is 51.1 Å². The number of piperidine rings is 1. The molecule has 0 unspecified atom stereocenters. The molecule has 178 valence electrons. The summed E-state index contributed by atoms with van der Waals surface area (Å²) in [6, 6.07) is 6.66. The lowest BCUT2D eigenvalue weighted by Crippen LogP contribution is -2.46. The summed E-state index contributed by atoms with van der Waals surface area (Å²) in [6.45, 7) is 5.89. The molecule has 1 aliphatic rings. The Morgan fingerprint density at radius 1 is 1.30 bits per heavy atom. The summed E-state index contributed by atoms with van der Waals surface area (Å²) >= 11 is 5.94. The number of aliphatic hydroxyl groups is 1. The maximum atomic E-state index is 12.1. The minimum Gasteiger partial charge on any atom is -0.389 e. The number of carbonyl (C=O) groups is 1. The van der Waals surface area contributed by atoms with Gasteiger partial charge in [-0.25, -0.2) is 0 Å². The minimum atomic E-state index is -1.05. The van der Waals surface area contributed by atoms with E-state index in [9.17, 15) is 20.0 Å². The summed E-state index contributed by atoms with van der Waals surface area (Å²) in [5.41, 5.74) is 4.08. The van der Waals surface area contributed by atoms with Gasteiger partial charge in [0, 0.05) is 35.8 Å². The Morgan fingerprint density at radius 3 is 2.42 bits per heavy atom. The van der Waals surface area contributed by atoms with Gasteiger partial charge in [-0.15, -0.1) is 0 Å². The molecule has 2 heterocycles. The van der Waals surface area contributed by atoms with Crippen molar-refractivity contribution in [1.82, 2.24) is 9.97 Å². The Balaban J connectivity index is 2.02. The molecule has 1 saturated heterocycles. The first kappa shape index (κ1) is 24.5. The number of amides is 1. The number of anilines is 4. The Labute approximate surface area is 196 Å². The van der Waals surface area contributed by atoms with E-state index in [2.05, 4.69) is 20.6 Å². The second-order valence-corrected chi connectivity index (χ2v) is 9.47. The molecule has 0 spiro atoms. The summed E-state index contributed by atoms with van der Waals surface area (Å²) in [7, 11) is 0. The standard InChI is InChI=1S/C21H28ClN7O4/c1-20(2,31)12-24-19-26-16(25-14-6-4-13(22)5-7-14)15(29(32)33)17(27-19)28-10-8-21(3,9-11-28)18(23)30/h4-7,31H,8-12H2,1-3H3,(H2,23,30)(H2,24,25,26,27). The fourth-order valence-electron chi connectivity index (χ4n) is 3.42. The van der Waals surface area contributed by atoms with E-state index in [1.807, 2.05) is 0 Å². The number of halogens is 1. The highest BCUT2D eigenvalue weighted by molar-refractivity contribution is 6.30. The van der Waals surface area contributed by atoms with Gasteiger partial charge in [0.25, 0.3) is 0 Å². The normalized spacial score (nSPS) is 15.7. The predicted molar refractivity (Wildman–Crippen MR) is 127 cm³/mol. The number of nitrogens with one attached hydrogen (secondary N) is 2. The lowest BCUT2D eigenvalue weighted by atomic mass is 9.80. The quantitative estimate of drug-likeness (QED) is 0.331. The third kappa shape index (κ3) is 5.99. The van der Waals surface area contributed by atoms with Crippen molar-refractivity contribution in [3.63, 3.8) is 0 Å². The van der Waals surface area contributed by atoms with E-state index in [0.29, 0.717) is 36.6 Å². The van der Waals surface area contributed by atoms with E-state index >= 15 is 0 Å². The second-order valence-electron chi connectivity index (χ2n) is 9.03. The largest absolute Gasteiger partial charge is 0.389 e. The number of benzene rings is 1. The van der Waals surface area contributed by atoms with Crippen molar-refractivity contribution in [3.8, 4) is 0 Å². The van der Waals surface area contributed by atoms with Gasteiger partial charge in [0.1, 0.15) is 0 Å². The fourth-order valence-corrected chi connectivity index (χ4v) is 3.55. The lowest BCUT2D eigenvalue weighted by molar-refractivity contribution is -0.383. The van der Waals surface area contributed by atoms with E-state index in [1.54, 1.807) is 49.9 Å². The monoisotopic (exact) mass is 477 g/mol. The highest BCUT2D eigenvalue weighted by Crippen LogP contribution is 2.39. The molecule has 0 radical (unpaired) electrons. The number of nitrogens with two attached hydrogens (primary N) is 1. The molecule has 0 saturated carbocycles. The van der Waals surface area contributed by atoms with E-state index < -0.39 is 21.8 Å². The van der Waals surface area contributed by atoms with E-state index in [-0.39, 0.29) is 29.8 Å². The summed E-state index contributed by atoms with van der Waals surface area (Å²) in [5.74, 6) is -0.153. The van der Waals surface area contributed by atoms with Gasteiger partial charge in [0.15, 0.2) is 0 Å². The van der Waals surface area contributed by atoms with Gasteiger partial charge >= 0.3 is 5.69 Å². The number of nitro groups is 1. The van der Waals surface area contributed by atoms with Crippen molar-refractivity contribution in [2.75, 3.05) is 35.2 Å². The van der Waals surface area contributed by atoms with Crippen LogP contribution in [-0.2, 0) is 4.79 Å². The second kappa shape index (κ2) is 9.36. The van der Waals surface area contributed by atoms with Crippen LogP contribution in [0, 0.1) is 15.5 Å². The number of hydrogen-bond donors (Lipinski definition) is 4. The van der Waals surface area contributed by atoms with Crippen molar-refractivity contribution in [1.29, 1.82) is 0 Å². The van der Waals surface area contributed by atoms with Gasteiger partial charge in [-0.05, 0) is 51.0 Å². The smallest absolute Gasteiger partial charge is 0.353 e. The Morgan fingerprint density at radius 2 is 1.91 bits per heavy atom. The molecule has 1 fully saturated rings. The molecular weight excluding hydrogens is 450 g/mol. The Hall–Kier alpha value is -3.18. The average Bonchev–Trinajstić information content (AvgIpc) is 2.73. The predicted octanol–water partition coefficient (Wildman–Crippen LogP) is 3.06. The Kier molecular flexibility index (Phi) is 6.94. The van der Waals surface area contributed by atoms with Crippen LogP contribution >= 0.6 is 11.6 Å². The van der Waals surface area contributed by atoms with Crippen molar-refractivity contribution < 1.29 is 14.8 Å². The molecule has 0 atom stereocenters. The van der Waals surface area contributed by atoms with Crippen LogP contribution in [0.25, 0.3) is 0 Å². The van der Waals surface area contributed by atoms with E-state index in [4.69, 9.17) is 17.3 Å². The summed E-state index contributed by atoms with van der Waals surface area (Å²) < 4.78 is 0. The molecule has 1 aromatic heterocycles. The number of primary amides is 1. The molecule has 12 heteroatoms. The number of aromatic nitrogens is 2. The SMILES string of the molecule is CC(C)(O)CNc1nc(Nc2ccc(Cl)cc2)c([N+](=O)[O-])c(N2CCC(C)(C(N)=O)CC2)n1. The highest BCUT2D eigenvalue weighted by Gasteiger charge is 2.38. The van der Waals surface area contributed by atoms with Crippen molar-refractivity contribution in [3.05, 3.63) is 39.4 Å². The summed E-state index contributed by atoms with van der Waals surface area (Å²) in [4.78, 5) is 33.9. The van der Waals surface area contributed by atoms with Crippen LogP contribution in [0.4, 0.5) is 29.0 Å². The summed E-state index contributed by atoms with van der Waals surface area (Å²) in [5, 5.41) is 28.6. The average molecular weight is 478 g/mol. The van der Waals surface area contributed by atoms with Crippen molar-refractivity contribution in [2.24, 2.45) is 11.1 Å². The van der Waals surface area contributed by atoms with Crippen LogP contribution in [0.15, 0.2) is 24.3 Å². The Bertz CT molecular complexity index is 1030. The maximum absolute atomic E-state index is 12.1. The molecule has 0 bridgehead atoms. The topological polar surface area (TPSA) is 160 Å². The molecule has 0 aliphatic carbocycles.